The van der Waals surface area contributed by atoms with E-state index in [1.54, 1.807) is 0 Å². The Morgan fingerprint density at radius 1 is 1.33 bits per heavy atom. The first kappa shape index (κ1) is 13.3. The van der Waals surface area contributed by atoms with Gasteiger partial charge < -0.3 is 10.1 Å². The van der Waals surface area contributed by atoms with Crippen molar-refractivity contribution in [1.82, 2.24) is 15.3 Å². The summed E-state index contributed by atoms with van der Waals surface area (Å²) in [7, 11) is 1.92. The number of aromatic nitrogens is 2. The van der Waals surface area contributed by atoms with E-state index in [2.05, 4.69) is 22.2 Å². The molecule has 1 fully saturated rings. The molecule has 4 heteroatoms. The van der Waals surface area contributed by atoms with Crippen LogP contribution in [0, 0.1) is 12.8 Å². The van der Waals surface area contributed by atoms with Gasteiger partial charge in [0.1, 0.15) is 6.10 Å². The second kappa shape index (κ2) is 6.14. The van der Waals surface area contributed by atoms with Crippen LogP contribution in [0.5, 0.6) is 6.01 Å². The maximum absolute atomic E-state index is 5.99. The zero-order chi connectivity index (χ0) is 13.0. The largest absolute Gasteiger partial charge is 0.460 e. The average molecular weight is 249 g/mol. The summed E-state index contributed by atoms with van der Waals surface area (Å²) in [6.45, 7) is 4.99. The minimum atomic E-state index is 0.281. The van der Waals surface area contributed by atoms with Gasteiger partial charge in [-0.25, -0.2) is 4.98 Å². The number of aryl methyl sites for hydroxylation is 1. The smallest absolute Gasteiger partial charge is 0.317 e. The van der Waals surface area contributed by atoms with Gasteiger partial charge in [-0.3, -0.25) is 0 Å². The summed E-state index contributed by atoms with van der Waals surface area (Å²) in [5, 5.41) is 3.11. The first-order chi connectivity index (χ1) is 8.69. The highest BCUT2D eigenvalue weighted by atomic mass is 16.5. The van der Waals surface area contributed by atoms with Crippen LogP contribution in [0.1, 0.15) is 44.0 Å². The van der Waals surface area contributed by atoms with Crippen molar-refractivity contribution < 1.29 is 4.74 Å². The number of ether oxygens (including phenoxy) is 1. The predicted octanol–water partition coefficient (Wildman–Crippen LogP) is 2.46. The van der Waals surface area contributed by atoms with Crippen molar-refractivity contribution in [3.63, 3.8) is 0 Å². The van der Waals surface area contributed by atoms with E-state index >= 15 is 0 Å². The van der Waals surface area contributed by atoms with Gasteiger partial charge in [-0.05, 0) is 45.2 Å². The summed E-state index contributed by atoms with van der Waals surface area (Å²) < 4.78 is 5.99. The number of nitrogens with zero attached hydrogens (tertiary/aromatic N) is 2. The van der Waals surface area contributed by atoms with Crippen LogP contribution in [-0.4, -0.2) is 23.1 Å². The fourth-order valence-corrected chi connectivity index (χ4v) is 2.52. The van der Waals surface area contributed by atoms with Crippen LogP contribution in [0.3, 0.4) is 0 Å². The number of hydrogen-bond donors (Lipinski definition) is 1. The average Bonchev–Trinajstić information content (AvgIpc) is 2.32. The van der Waals surface area contributed by atoms with Gasteiger partial charge in [0, 0.05) is 12.2 Å². The molecule has 4 nitrogen and oxygen atoms in total. The number of rotatable bonds is 4. The Bertz CT molecular complexity index is 395. The maximum Gasteiger partial charge on any atom is 0.317 e. The molecule has 2 unspecified atom stereocenters. The van der Waals surface area contributed by atoms with Gasteiger partial charge in [0.15, 0.2) is 0 Å². The van der Waals surface area contributed by atoms with E-state index in [4.69, 9.17) is 4.74 Å². The summed E-state index contributed by atoms with van der Waals surface area (Å²) in [5.41, 5.74) is 1.96. The lowest BCUT2D eigenvalue weighted by atomic mass is 9.88. The Labute approximate surface area is 109 Å². The van der Waals surface area contributed by atoms with E-state index in [1.165, 1.54) is 19.3 Å². The molecule has 1 N–H and O–H groups in total. The van der Waals surface area contributed by atoms with Crippen molar-refractivity contribution in [2.75, 3.05) is 7.05 Å². The molecule has 1 saturated carbocycles. The van der Waals surface area contributed by atoms with Crippen LogP contribution in [0.15, 0.2) is 6.07 Å². The molecular formula is C14H23N3O. The second-order valence-electron chi connectivity index (χ2n) is 5.23. The molecule has 100 valence electrons. The summed E-state index contributed by atoms with van der Waals surface area (Å²) in [4.78, 5) is 8.84. The minimum absolute atomic E-state index is 0.281. The van der Waals surface area contributed by atoms with Gasteiger partial charge in [-0.15, -0.1) is 0 Å². The molecule has 0 saturated heterocycles. The van der Waals surface area contributed by atoms with E-state index in [-0.39, 0.29) is 6.10 Å². The third-order valence-corrected chi connectivity index (χ3v) is 3.53. The zero-order valence-electron chi connectivity index (χ0n) is 11.6. The molecule has 1 aliphatic rings. The fourth-order valence-electron chi connectivity index (χ4n) is 2.52. The molecule has 0 bridgehead atoms. The van der Waals surface area contributed by atoms with Gasteiger partial charge in [0.05, 0.1) is 5.69 Å². The third-order valence-electron chi connectivity index (χ3n) is 3.53. The monoisotopic (exact) mass is 249 g/mol. The van der Waals surface area contributed by atoms with Gasteiger partial charge in [-0.2, -0.15) is 4.98 Å². The van der Waals surface area contributed by atoms with Crippen LogP contribution < -0.4 is 10.1 Å². The van der Waals surface area contributed by atoms with Crippen molar-refractivity contribution in [2.45, 2.75) is 52.2 Å². The van der Waals surface area contributed by atoms with Gasteiger partial charge >= 0.3 is 6.01 Å². The highest BCUT2D eigenvalue weighted by Crippen LogP contribution is 2.26. The summed E-state index contributed by atoms with van der Waals surface area (Å²) >= 11 is 0. The number of hydrogen-bond acceptors (Lipinski definition) is 4. The van der Waals surface area contributed by atoms with E-state index in [1.807, 2.05) is 20.0 Å². The minimum Gasteiger partial charge on any atom is -0.460 e. The first-order valence-corrected chi connectivity index (χ1v) is 6.85. The molecule has 0 amide bonds. The van der Waals surface area contributed by atoms with Crippen LogP contribution in [0.25, 0.3) is 0 Å². The third kappa shape index (κ3) is 3.42. The van der Waals surface area contributed by atoms with E-state index in [0.29, 0.717) is 11.9 Å². The highest BCUT2D eigenvalue weighted by molar-refractivity contribution is 5.12. The Hall–Kier alpha value is -1.16. The Kier molecular flexibility index (Phi) is 4.53. The van der Waals surface area contributed by atoms with E-state index in [9.17, 15) is 0 Å². The van der Waals surface area contributed by atoms with Gasteiger partial charge in [0.2, 0.25) is 0 Å². The molecule has 0 spiro atoms. The molecule has 1 aliphatic carbocycles. The molecular weight excluding hydrogens is 226 g/mol. The van der Waals surface area contributed by atoms with Crippen molar-refractivity contribution in [2.24, 2.45) is 5.92 Å². The van der Waals surface area contributed by atoms with E-state index in [0.717, 1.165) is 24.4 Å². The molecule has 0 aliphatic heterocycles. The van der Waals surface area contributed by atoms with Crippen LogP contribution >= 0.6 is 0 Å². The molecule has 2 rings (SSSR count). The lowest BCUT2D eigenvalue weighted by Crippen LogP contribution is -2.29. The van der Waals surface area contributed by atoms with Crippen molar-refractivity contribution in [3.05, 3.63) is 17.5 Å². The van der Waals surface area contributed by atoms with Crippen LogP contribution in [-0.2, 0) is 6.54 Å². The summed E-state index contributed by atoms with van der Waals surface area (Å²) in [5.74, 6) is 0.607. The van der Waals surface area contributed by atoms with Crippen LogP contribution in [0.4, 0.5) is 0 Å². The Balaban J connectivity index is 2.07. The fraction of sp³-hybridized carbons (Fsp3) is 0.714. The predicted molar refractivity (Wildman–Crippen MR) is 71.6 cm³/mol. The van der Waals surface area contributed by atoms with Crippen molar-refractivity contribution in [1.29, 1.82) is 0 Å². The van der Waals surface area contributed by atoms with E-state index < -0.39 is 0 Å². The summed E-state index contributed by atoms with van der Waals surface area (Å²) in [6.07, 6.45) is 5.23. The van der Waals surface area contributed by atoms with Crippen molar-refractivity contribution >= 4 is 0 Å². The van der Waals surface area contributed by atoms with Crippen LogP contribution in [0.2, 0.25) is 0 Å². The van der Waals surface area contributed by atoms with Gasteiger partial charge in [0.25, 0.3) is 0 Å². The quantitative estimate of drug-likeness (QED) is 0.890. The molecule has 1 aromatic heterocycles. The first-order valence-electron chi connectivity index (χ1n) is 6.85. The second-order valence-corrected chi connectivity index (χ2v) is 5.23. The molecule has 0 aromatic carbocycles. The zero-order valence-corrected chi connectivity index (χ0v) is 11.6. The SMILES string of the molecule is CNCc1cc(C)nc(OC2CCCCC2C)n1. The molecule has 0 radical (unpaired) electrons. The highest BCUT2D eigenvalue weighted by Gasteiger charge is 2.23. The van der Waals surface area contributed by atoms with Crippen molar-refractivity contribution in [3.8, 4) is 6.01 Å². The Morgan fingerprint density at radius 3 is 2.83 bits per heavy atom. The molecule has 18 heavy (non-hydrogen) atoms. The lowest BCUT2D eigenvalue weighted by molar-refractivity contribution is 0.0918. The summed E-state index contributed by atoms with van der Waals surface area (Å²) in [6, 6.07) is 2.53. The molecule has 2 atom stereocenters. The lowest BCUT2D eigenvalue weighted by Gasteiger charge is -2.28. The molecule has 1 aromatic rings. The van der Waals surface area contributed by atoms with Gasteiger partial charge in [-0.1, -0.05) is 13.3 Å². The molecule has 1 heterocycles. The standard InChI is InChI=1S/C14H23N3O/c1-10-6-4-5-7-13(10)18-14-16-11(2)8-12(17-14)9-15-3/h8,10,13,15H,4-7,9H2,1-3H3. The maximum atomic E-state index is 5.99. The topological polar surface area (TPSA) is 47.0 Å². The number of nitrogens with one attached hydrogen (secondary N) is 1. The Morgan fingerprint density at radius 2 is 2.11 bits per heavy atom. The normalized spacial score (nSPS) is 23.9.